The molecule has 0 aliphatic rings. The Hall–Kier alpha value is -1.94. The molecule has 0 fully saturated rings. The lowest BCUT2D eigenvalue weighted by atomic mass is 10.0. The maximum absolute atomic E-state index is 13.1. The summed E-state index contributed by atoms with van der Waals surface area (Å²) in [4.78, 5) is 73.2. The summed E-state index contributed by atoms with van der Waals surface area (Å²) < 4.78 is 68.9. The summed E-state index contributed by atoms with van der Waals surface area (Å²) in [5.41, 5.74) is 0. The predicted octanol–water partition coefficient (Wildman–Crippen LogP) is 25.8. The quantitative estimate of drug-likeness (QED) is 0.0222. The van der Waals surface area contributed by atoms with Crippen LogP contribution in [0.5, 0.6) is 0 Å². The van der Waals surface area contributed by atoms with Gasteiger partial charge < -0.3 is 33.8 Å². The van der Waals surface area contributed by atoms with E-state index in [1.54, 1.807) is 0 Å². The van der Waals surface area contributed by atoms with Crippen LogP contribution in [0, 0.1) is 11.8 Å². The van der Waals surface area contributed by atoms with Crippen molar-refractivity contribution in [1.29, 1.82) is 0 Å². The molecule has 0 heterocycles. The zero-order valence-electron chi connectivity index (χ0n) is 68.3. The first-order valence-corrected chi connectivity index (χ1v) is 47.0. The maximum atomic E-state index is 13.1. The highest BCUT2D eigenvalue weighted by atomic mass is 31.2. The monoisotopic (exact) mass is 1520 g/mol. The van der Waals surface area contributed by atoms with Crippen molar-refractivity contribution < 1.29 is 80.2 Å². The molecule has 2 unspecified atom stereocenters. The molecule has 0 aromatic heterocycles. The topological polar surface area (TPSA) is 237 Å². The van der Waals surface area contributed by atoms with Gasteiger partial charge >= 0.3 is 39.5 Å². The Morgan fingerprint density at radius 2 is 0.442 bits per heavy atom. The van der Waals surface area contributed by atoms with Gasteiger partial charge in [-0.2, -0.15) is 0 Å². The molecule has 618 valence electrons. The van der Waals surface area contributed by atoms with E-state index in [4.69, 9.17) is 37.0 Å². The lowest BCUT2D eigenvalue weighted by molar-refractivity contribution is -0.161. The van der Waals surface area contributed by atoms with Crippen LogP contribution in [0.1, 0.15) is 452 Å². The SMILES string of the molecule is CCCCCCCCCCCCCCCCCCCCC(=O)OC[C@H](COP(=O)(O)OC[C@@H](O)COP(=O)(O)OC[C@@H](COC(=O)CCCCCCCCCCC(C)C)OC(=O)CCCCCCCCCCCCCCCC)OC(=O)CCCCCCCCCCCCCCCCCCCCC(C)C. The van der Waals surface area contributed by atoms with Gasteiger partial charge in [0.15, 0.2) is 12.2 Å². The predicted molar refractivity (Wildman–Crippen MR) is 428 cm³/mol. The second-order valence-electron chi connectivity index (χ2n) is 31.5. The van der Waals surface area contributed by atoms with Gasteiger partial charge in [0.1, 0.15) is 19.3 Å². The van der Waals surface area contributed by atoms with Crippen molar-refractivity contribution in [3.8, 4) is 0 Å². The Balaban J connectivity index is 5.23. The van der Waals surface area contributed by atoms with E-state index in [-0.39, 0.29) is 25.7 Å². The Morgan fingerprint density at radius 1 is 0.260 bits per heavy atom. The number of phosphoric acid groups is 2. The van der Waals surface area contributed by atoms with Crippen molar-refractivity contribution in [3.63, 3.8) is 0 Å². The average Bonchev–Trinajstić information content (AvgIpc) is 2.76. The maximum Gasteiger partial charge on any atom is 0.472 e. The summed E-state index contributed by atoms with van der Waals surface area (Å²) in [6, 6.07) is 0. The van der Waals surface area contributed by atoms with E-state index in [2.05, 4.69) is 41.5 Å². The number of carbonyl (C=O) groups excluding carboxylic acids is 4. The summed E-state index contributed by atoms with van der Waals surface area (Å²) >= 11 is 0. The smallest absolute Gasteiger partial charge is 0.462 e. The third-order valence-electron chi connectivity index (χ3n) is 20.0. The number of hydrogen-bond acceptors (Lipinski definition) is 15. The third kappa shape index (κ3) is 78.2. The number of hydrogen-bond donors (Lipinski definition) is 3. The average molecular weight is 1520 g/mol. The van der Waals surface area contributed by atoms with Gasteiger partial charge in [-0.05, 0) is 37.5 Å². The van der Waals surface area contributed by atoms with E-state index in [1.165, 1.54) is 270 Å². The second-order valence-corrected chi connectivity index (χ2v) is 34.4. The Morgan fingerprint density at radius 3 is 0.654 bits per heavy atom. The first-order chi connectivity index (χ1) is 50.4. The van der Waals surface area contributed by atoms with Gasteiger partial charge in [0.2, 0.25) is 0 Å². The number of rotatable bonds is 84. The van der Waals surface area contributed by atoms with Crippen LogP contribution in [0.4, 0.5) is 0 Å². The van der Waals surface area contributed by atoms with E-state index in [0.29, 0.717) is 25.7 Å². The minimum absolute atomic E-state index is 0.108. The normalized spacial score (nSPS) is 13.8. The van der Waals surface area contributed by atoms with Gasteiger partial charge in [0, 0.05) is 25.7 Å². The standard InChI is InChI=1S/C85H166O17P2/c1-7-9-11-13-15-17-19-21-23-24-28-31-35-38-42-49-55-61-67-82(87)95-73-80(101-85(90)70-64-58-52-44-40-36-32-29-26-25-27-30-33-37-41-47-53-59-65-77(3)4)75-99-103(91,92)97-71-79(86)72-98-104(93,94)100-76-81(74-96-83(88)68-62-56-50-46-45-48-54-60-66-78(5)6)102-84(89)69-63-57-51-43-39-34-22-20-18-16-14-12-10-8-2/h77-81,86H,7-76H2,1-6H3,(H,91,92)(H,93,94)/t79-,80-,81-/m1/s1. The fourth-order valence-electron chi connectivity index (χ4n) is 13.2. The van der Waals surface area contributed by atoms with Gasteiger partial charge in [0.05, 0.1) is 26.4 Å². The number of unbranched alkanes of at least 4 members (excludes halogenated alkanes) is 54. The molecule has 0 radical (unpaired) electrons. The van der Waals surface area contributed by atoms with Crippen LogP contribution in [-0.4, -0.2) is 96.7 Å². The highest BCUT2D eigenvalue weighted by molar-refractivity contribution is 7.47. The number of carbonyl (C=O) groups is 4. The lowest BCUT2D eigenvalue weighted by Gasteiger charge is -2.21. The fraction of sp³-hybridized carbons (Fsp3) is 0.953. The molecule has 0 aliphatic carbocycles. The zero-order valence-corrected chi connectivity index (χ0v) is 70.1. The summed E-state index contributed by atoms with van der Waals surface area (Å²) in [6.45, 7) is 9.67. The number of esters is 4. The van der Waals surface area contributed by atoms with E-state index < -0.39 is 97.5 Å². The van der Waals surface area contributed by atoms with Crippen LogP contribution in [-0.2, 0) is 65.4 Å². The molecule has 0 amide bonds. The van der Waals surface area contributed by atoms with Gasteiger partial charge in [-0.1, -0.05) is 401 Å². The van der Waals surface area contributed by atoms with E-state index >= 15 is 0 Å². The van der Waals surface area contributed by atoms with Gasteiger partial charge in [-0.15, -0.1) is 0 Å². The van der Waals surface area contributed by atoms with Crippen LogP contribution >= 0.6 is 15.6 Å². The van der Waals surface area contributed by atoms with E-state index in [1.807, 2.05) is 0 Å². The minimum atomic E-state index is -4.97. The first-order valence-electron chi connectivity index (χ1n) is 44.0. The van der Waals surface area contributed by atoms with Crippen molar-refractivity contribution >= 4 is 39.5 Å². The Bertz CT molecular complexity index is 1990. The number of aliphatic hydroxyl groups excluding tert-OH is 1. The number of aliphatic hydroxyl groups is 1. The third-order valence-corrected chi connectivity index (χ3v) is 21.9. The van der Waals surface area contributed by atoms with E-state index in [0.717, 1.165) is 102 Å². The molecule has 0 aliphatic heterocycles. The van der Waals surface area contributed by atoms with Crippen LogP contribution in [0.15, 0.2) is 0 Å². The Labute approximate surface area is 638 Å². The number of ether oxygens (including phenoxy) is 4. The van der Waals surface area contributed by atoms with Crippen LogP contribution in [0.25, 0.3) is 0 Å². The summed E-state index contributed by atoms with van der Waals surface area (Å²) in [6.07, 6.45) is 68.1. The largest absolute Gasteiger partial charge is 0.472 e. The Kier molecular flexibility index (Phi) is 75.0. The molecule has 0 aromatic carbocycles. The number of phosphoric ester groups is 2. The van der Waals surface area contributed by atoms with Gasteiger partial charge in [-0.25, -0.2) is 9.13 Å². The molecular weight excluding hydrogens is 1350 g/mol. The van der Waals surface area contributed by atoms with Crippen molar-refractivity contribution in [1.82, 2.24) is 0 Å². The summed E-state index contributed by atoms with van der Waals surface area (Å²) in [7, 11) is -9.93. The lowest BCUT2D eigenvalue weighted by Crippen LogP contribution is -2.30. The molecule has 0 saturated carbocycles. The van der Waals surface area contributed by atoms with Crippen LogP contribution in [0.3, 0.4) is 0 Å². The van der Waals surface area contributed by atoms with Gasteiger partial charge in [-0.3, -0.25) is 37.3 Å². The molecule has 0 saturated heterocycles. The molecule has 0 spiro atoms. The summed E-state index contributed by atoms with van der Waals surface area (Å²) in [5.74, 6) is -0.556. The van der Waals surface area contributed by atoms with Gasteiger partial charge in [0.25, 0.3) is 0 Å². The minimum Gasteiger partial charge on any atom is -0.462 e. The van der Waals surface area contributed by atoms with Crippen LogP contribution in [0.2, 0.25) is 0 Å². The zero-order chi connectivity index (χ0) is 76.4. The molecule has 0 rings (SSSR count). The molecule has 17 nitrogen and oxygen atoms in total. The van der Waals surface area contributed by atoms with Crippen molar-refractivity contribution in [2.75, 3.05) is 39.6 Å². The molecule has 5 atom stereocenters. The van der Waals surface area contributed by atoms with Crippen molar-refractivity contribution in [2.24, 2.45) is 11.8 Å². The first kappa shape index (κ1) is 102. The van der Waals surface area contributed by atoms with Crippen molar-refractivity contribution in [3.05, 3.63) is 0 Å². The van der Waals surface area contributed by atoms with Crippen LogP contribution < -0.4 is 0 Å². The van der Waals surface area contributed by atoms with E-state index in [9.17, 15) is 43.2 Å². The highest BCUT2D eigenvalue weighted by Gasteiger charge is 2.30. The fourth-order valence-corrected chi connectivity index (χ4v) is 14.8. The molecule has 0 aromatic rings. The summed E-state index contributed by atoms with van der Waals surface area (Å²) in [5, 5.41) is 10.7. The molecule has 104 heavy (non-hydrogen) atoms. The second kappa shape index (κ2) is 76.4. The van der Waals surface area contributed by atoms with Crippen molar-refractivity contribution in [2.45, 2.75) is 471 Å². The molecule has 3 N–H and O–H groups in total. The highest BCUT2D eigenvalue weighted by Crippen LogP contribution is 2.45. The molecular formula is C85H166O17P2. The molecule has 19 heteroatoms. The molecule has 0 bridgehead atoms.